The van der Waals surface area contributed by atoms with Crippen LogP contribution in [0, 0.1) is 18.8 Å². The molecule has 2 atom stereocenters. The minimum atomic E-state index is 0.195. The summed E-state index contributed by atoms with van der Waals surface area (Å²) in [4.78, 5) is 12.4. The van der Waals surface area contributed by atoms with E-state index in [9.17, 15) is 4.79 Å². The fraction of sp³-hybridized carbons (Fsp3) is 0.533. The van der Waals surface area contributed by atoms with E-state index in [2.05, 4.69) is 6.92 Å². The second-order valence-electron chi connectivity index (χ2n) is 5.18. The molecule has 0 heterocycles. The number of hydrogen-bond donors (Lipinski definition) is 0. The summed E-state index contributed by atoms with van der Waals surface area (Å²) in [6.07, 6.45) is 3.22. The van der Waals surface area contributed by atoms with Crippen LogP contribution < -0.4 is 4.74 Å². The van der Waals surface area contributed by atoms with Crippen molar-refractivity contribution in [3.8, 4) is 5.75 Å². The first-order chi connectivity index (χ1) is 8.11. The predicted molar refractivity (Wildman–Crippen MR) is 68.6 cm³/mol. The van der Waals surface area contributed by atoms with Crippen LogP contribution >= 0.6 is 0 Å². The molecule has 0 spiro atoms. The smallest absolute Gasteiger partial charge is 0.169 e. The number of Topliss-reactive ketones (excluding diaryl/α,β-unsaturated/α-hetero) is 1. The fourth-order valence-electron chi connectivity index (χ4n) is 2.68. The van der Waals surface area contributed by atoms with Gasteiger partial charge < -0.3 is 4.74 Å². The predicted octanol–water partition coefficient (Wildman–Crippen LogP) is 3.62. The Bertz CT molecular complexity index is 423. The van der Waals surface area contributed by atoms with Gasteiger partial charge in [0.1, 0.15) is 5.75 Å². The summed E-state index contributed by atoms with van der Waals surface area (Å²) in [7, 11) is 1.62. The van der Waals surface area contributed by atoms with Gasteiger partial charge in [-0.1, -0.05) is 18.6 Å². The summed E-state index contributed by atoms with van der Waals surface area (Å²) < 4.78 is 5.29. The molecule has 92 valence electrons. The maximum absolute atomic E-state index is 12.4. The zero-order chi connectivity index (χ0) is 12.4. The highest BCUT2D eigenvalue weighted by Gasteiger charge is 2.29. The molecule has 1 aromatic carbocycles. The van der Waals surface area contributed by atoms with Gasteiger partial charge in [0, 0.05) is 5.92 Å². The van der Waals surface area contributed by atoms with E-state index < -0.39 is 0 Å². The summed E-state index contributed by atoms with van der Waals surface area (Å²) in [5.41, 5.74) is 1.87. The van der Waals surface area contributed by atoms with Gasteiger partial charge in [0.05, 0.1) is 12.7 Å². The van der Waals surface area contributed by atoms with Crippen LogP contribution in [-0.4, -0.2) is 12.9 Å². The van der Waals surface area contributed by atoms with Crippen molar-refractivity contribution in [1.82, 2.24) is 0 Å². The van der Waals surface area contributed by atoms with Crippen LogP contribution in [0.2, 0.25) is 0 Å². The number of carbonyl (C=O) groups is 1. The lowest BCUT2D eigenvalue weighted by molar-refractivity contribution is 0.0917. The van der Waals surface area contributed by atoms with Crippen molar-refractivity contribution in [2.75, 3.05) is 7.11 Å². The van der Waals surface area contributed by atoms with Crippen LogP contribution in [0.3, 0.4) is 0 Å². The van der Waals surface area contributed by atoms with Crippen LogP contribution in [0.25, 0.3) is 0 Å². The second kappa shape index (κ2) is 4.91. The molecule has 1 aliphatic carbocycles. The van der Waals surface area contributed by atoms with Crippen LogP contribution in [0.5, 0.6) is 5.75 Å². The lowest BCUT2D eigenvalue weighted by atomic mass is 9.94. The van der Waals surface area contributed by atoms with Crippen LogP contribution in [0.15, 0.2) is 18.2 Å². The quantitative estimate of drug-likeness (QED) is 0.744. The van der Waals surface area contributed by atoms with E-state index in [0.717, 1.165) is 24.0 Å². The third-order valence-electron chi connectivity index (χ3n) is 3.69. The van der Waals surface area contributed by atoms with E-state index in [-0.39, 0.29) is 11.7 Å². The van der Waals surface area contributed by atoms with Crippen molar-refractivity contribution in [3.05, 3.63) is 29.3 Å². The lowest BCUT2D eigenvalue weighted by Gasteiger charge is -2.12. The zero-order valence-electron chi connectivity index (χ0n) is 10.8. The molecule has 1 aromatic rings. The minimum Gasteiger partial charge on any atom is -0.496 e. The van der Waals surface area contributed by atoms with E-state index in [1.807, 2.05) is 25.1 Å². The molecule has 2 heteroatoms. The van der Waals surface area contributed by atoms with E-state index in [0.29, 0.717) is 11.7 Å². The molecular weight excluding hydrogens is 212 g/mol. The molecule has 1 saturated carbocycles. The fourth-order valence-corrected chi connectivity index (χ4v) is 2.68. The van der Waals surface area contributed by atoms with Gasteiger partial charge in [-0.05, 0) is 44.2 Å². The van der Waals surface area contributed by atoms with Crippen molar-refractivity contribution < 1.29 is 9.53 Å². The zero-order valence-corrected chi connectivity index (χ0v) is 10.8. The number of methoxy groups -OCH3 is 1. The Morgan fingerprint density at radius 3 is 2.71 bits per heavy atom. The molecule has 17 heavy (non-hydrogen) atoms. The number of hydrogen-bond acceptors (Lipinski definition) is 2. The first-order valence-corrected chi connectivity index (χ1v) is 6.30. The maximum Gasteiger partial charge on any atom is 0.169 e. The number of aryl methyl sites for hydroxylation is 1. The largest absolute Gasteiger partial charge is 0.496 e. The van der Waals surface area contributed by atoms with Crippen LogP contribution in [0.4, 0.5) is 0 Å². The van der Waals surface area contributed by atoms with Crippen LogP contribution in [-0.2, 0) is 0 Å². The Balaban J connectivity index is 2.26. The molecular formula is C15H20O2. The lowest BCUT2D eigenvalue weighted by Crippen LogP contribution is -2.13. The molecule has 0 aromatic heterocycles. The van der Waals surface area contributed by atoms with Gasteiger partial charge in [-0.3, -0.25) is 4.79 Å². The number of ether oxygens (including phenoxy) is 1. The molecule has 0 radical (unpaired) electrons. The highest BCUT2D eigenvalue weighted by Crippen LogP contribution is 2.34. The van der Waals surface area contributed by atoms with Gasteiger partial charge in [0.25, 0.3) is 0 Å². The first kappa shape index (κ1) is 12.2. The topological polar surface area (TPSA) is 26.3 Å². The number of rotatable bonds is 3. The monoisotopic (exact) mass is 232 g/mol. The van der Waals surface area contributed by atoms with Crippen molar-refractivity contribution in [2.45, 2.75) is 33.1 Å². The Morgan fingerprint density at radius 2 is 2.12 bits per heavy atom. The van der Waals surface area contributed by atoms with Crippen molar-refractivity contribution in [2.24, 2.45) is 11.8 Å². The summed E-state index contributed by atoms with van der Waals surface area (Å²) in [6, 6.07) is 5.82. The van der Waals surface area contributed by atoms with Gasteiger partial charge in [0.15, 0.2) is 5.78 Å². The van der Waals surface area contributed by atoms with Crippen LogP contribution in [0.1, 0.15) is 42.1 Å². The normalized spacial score (nSPS) is 23.7. The third kappa shape index (κ3) is 2.51. The minimum absolute atomic E-state index is 0.195. The molecule has 1 aliphatic rings. The molecule has 2 nitrogen and oxygen atoms in total. The van der Waals surface area contributed by atoms with Gasteiger partial charge in [-0.2, -0.15) is 0 Å². The second-order valence-corrected chi connectivity index (χ2v) is 5.18. The number of ketones is 1. The van der Waals surface area contributed by atoms with E-state index >= 15 is 0 Å². The Morgan fingerprint density at radius 1 is 1.35 bits per heavy atom. The van der Waals surface area contributed by atoms with Crippen molar-refractivity contribution in [1.29, 1.82) is 0 Å². The number of carbonyl (C=O) groups excluding carboxylic acids is 1. The standard InChI is InChI=1S/C15H20O2/c1-10-4-6-12(8-10)15(16)13-9-11(2)5-7-14(13)17-3/h5,7,9-10,12H,4,6,8H2,1-3H3. The summed E-state index contributed by atoms with van der Waals surface area (Å²) in [5.74, 6) is 1.84. The summed E-state index contributed by atoms with van der Waals surface area (Å²) in [5, 5.41) is 0. The summed E-state index contributed by atoms with van der Waals surface area (Å²) in [6.45, 7) is 4.23. The Kier molecular flexibility index (Phi) is 3.51. The first-order valence-electron chi connectivity index (χ1n) is 6.30. The highest BCUT2D eigenvalue weighted by atomic mass is 16.5. The highest BCUT2D eigenvalue weighted by molar-refractivity contribution is 6.00. The van der Waals surface area contributed by atoms with E-state index in [1.54, 1.807) is 7.11 Å². The molecule has 2 unspecified atom stereocenters. The number of benzene rings is 1. The van der Waals surface area contributed by atoms with Gasteiger partial charge in [-0.15, -0.1) is 0 Å². The van der Waals surface area contributed by atoms with Gasteiger partial charge in [-0.25, -0.2) is 0 Å². The SMILES string of the molecule is COc1ccc(C)cc1C(=O)C1CCC(C)C1. The molecule has 0 saturated heterocycles. The summed E-state index contributed by atoms with van der Waals surface area (Å²) >= 11 is 0. The average Bonchev–Trinajstić information content (AvgIpc) is 2.75. The van der Waals surface area contributed by atoms with E-state index in [4.69, 9.17) is 4.74 Å². The molecule has 2 rings (SSSR count). The molecule has 0 aliphatic heterocycles. The Labute approximate surface area is 103 Å². The van der Waals surface area contributed by atoms with Gasteiger partial charge >= 0.3 is 0 Å². The molecule has 0 bridgehead atoms. The van der Waals surface area contributed by atoms with Crippen molar-refractivity contribution >= 4 is 5.78 Å². The van der Waals surface area contributed by atoms with Gasteiger partial charge in [0.2, 0.25) is 0 Å². The third-order valence-corrected chi connectivity index (χ3v) is 3.69. The molecule has 1 fully saturated rings. The average molecular weight is 232 g/mol. The molecule has 0 N–H and O–H groups in total. The van der Waals surface area contributed by atoms with Crippen molar-refractivity contribution in [3.63, 3.8) is 0 Å². The maximum atomic E-state index is 12.4. The Hall–Kier alpha value is -1.31. The molecule has 0 amide bonds. The van der Waals surface area contributed by atoms with E-state index in [1.165, 1.54) is 6.42 Å².